The van der Waals surface area contributed by atoms with Crippen LogP contribution in [0.3, 0.4) is 0 Å². The van der Waals surface area contributed by atoms with Crippen molar-refractivity contribution in [1.82, 2.24) is 4.98 Å². The number of nitrogens with zero attached hydrogens (tertiary/aromatic N) is 1. The Labute approximate surface area is 188 Å². The van der Waals surface area contributed by atoms with E-state index in [2.05, 4.69) is 57.4 Å². The SMILES string of the molecule is CCOc1c(Br)cc(C=CC(=O)Nc2nc(-c3ccc(CC)cc3)cs2)cc1OC. The normalized spacial score (nSPS) is 10.9. The van der Waals surface area contributed by atoms with Gasteiger partial charge in [0.05, 0.1) is 23.9 Å². The minimum absolute atomic E-state index is 0.249. The van der Waals surface area contributed by atoms with Gasteiger partial charge in [-0.1, -0.05) is 31.2 Å². The van der Waals surface area contributed by atoms with Crippen molar-refractivity contribution in [1.29, 1.82) is 0 Å². The van der Waals surface area contributed by atoms with Crippen LogP contribution >= 0.6 is 27.3 Å². The van der Waals surface area contributed by atoms with E-state index in [1.807, 2.05) is 24.4 Å². The van der Waals surface area contributed by atoms with E-state index in [-0.39, 0.29) is 5.91 Å². The summed E-state index contributed by atoms with van der Waals surface area (Å²) in [7, 11) is 1.58. The van der Waals surface area contributed by atoms with E-state index in [0.717, 1.165) is 27.7 Å². The Morgan fingerprint density at radius 2 is 2.00 bits per heavy atom. The first-order valence-corrected chi connectivity index (χ1v) is 11.3. The minimum Gasteiger partial charge on any atom is -0.493 e. The minimum atomic E-state index is -0.249. The quantitative estimate of drug-likeness (QED) is 0.385. The number of amides is 1. The number of aryl methyl sites for hydroxylation is 1. The molecule has 0 saturated carbocycles. The Hall–Kier alpha value is -2.64. The van der Waals surface area contributed by atoms with E-state index in [9.17, 15) is 4.79 Å². The fourth-order valence-electron chi connectivity index (χ4n) is 2.81. The molecule has 1 aromatic heterocycles. The summed E-state index contributed by atoms with van der Waals surface area (Å²) in [5.41, 5.74) is 3.98. The fourth-order valence-corrected chi connectivity index (χ4v) is 4.11. The molecule has 0 aliphatic rings. The van der Waals surface area contributed by atoms with Gasteiger partial charge in [-0.15, -0.1) is 11.3 Å². The molecule has 3 rings (SSSR count). The Kier molecular flexibility index (Phi) is 7.65. The first-order chi connectivity index (χ1) is 14.5. The molecule has 0 atom stereocenters. The number of ether oxygens (including phenoxy) is 2. The lowest BCUT2D eigenvalue weighted by atomic mass is 10.1. The first-order valence-electron chi connectivity index (χ1n) is 9.58. The molecule has 0 radical (unpaired) electrons. The second kappa shape index (κ2) is 10.4. The van der Waals surface area contributed by atoms with Crippen LogP contribution in [0.5, 0.6) is 11.5 Å². The second-order valence-electron chi connectivity index (χ2n) is 6.38. The molecule has 0 fully saturated rings. The Morgan fingerprint density at radius 1 is 1.23 bits per heavy atom. The Bertz CT molecular complexity index is 1050. The summed E-state index contributed by atoms with van der Waals surface area (Å²) in [6.07, 6.45) is 4.19. The number of carbonyl (C=O) groups is 1. The molecule has 2 aromatic carbocycles. The topological polar surface area (TPSA) is 60.5 Å². The summed E-state index contributed by atoms with van der Waals surface area (Å²) in [6.45, 7) is 4.57. The molecule has 1 N–H and O–H groups in total. The van der Waals surface area contributed by atoms with Crippen LogP contribution in [0.4, 0.5) is 5.13 Å². The third-order valence-electron chi connectivity index (χ3n) is 4.36. The molecular weight excluding hydrogens is 464 g/mol. The molecule has 0 aliphatic heterocycles. The monoisotopic (exact) mass is 486 g/mol. The highest BCUT2D eigenvalue weighted by Gasteiger charge is 2.11. The number of hydrogen-bond acceptors (Lipinski definition) is 5. The summed E-state index contributed by atoms with van der Waals surface area (Å²) in [5.74, 6) is 0.995. The maximum atomic E-state index is 12.3. The Morgan fingerprint density at radius 3 is 2.67 bits per heavy atom. The summed E-state index contributed by atoms with van der Waals surface area (Å²) >= 11 is 4.89. The zero-order valence-electron chi connectivity index (χ0n) is 17.1. The number of aromatic nitrogens is 1. The highest BCUT2D eigenvalue weighted by Crippen LogP contribution is 2.37. The van der Waals surface area contributed by atoms with Gasteiger partial charge >= 0.3 is 0 Å². The second-order valence-corrected chi connectivity index (χ2v) is 8.09. The van der Waals surface area contributed by atoms with E-state index in [1.165, 1.54) is 23.0 Å². The van der Waals surface area contributed by atoms with Gasteiger partial charge in [-0.05, 0) is 58.6 Å². The van der Waals surface area contributed by atoms with Crippen LogP contribution in [0.1, 0.15) is 25.0 Å². The largest absolute Gasteiger partial charge is 0.493 e. The number of halogens is 1. The molecule has 1 heterocycles. The van der Waals surface area contributed by atoms with Gasteiger partial charge in [0.25, 0.3) is 0 Å². The number of thiazole rings is 1. The lowest BCUT2D eigenvalue weighted by Gasteiger charge is -2.12. The standard InChI is InChI=1S/C23H23BrN2O3S/c1-4-15-6-9-17(10-7-15)19-14-30-23(25-19)26-21(27)11-8-16-12-18(24)22(29-5-2)20(13-16)28-3/h6-14H,4-5H2,1-3H3,(H,25,26,27). The molecule has 3 aromatic rings. The van der Waals surface area contributed by atoms with Crippen LogP contribution in [-0.4, -0.2) is 24.6 Å². The highest BCUT2D eigenvalue weighted by molar-refractivity contribution is 9.10. The third-order valence-corrected chi connectivity index (χ3v) is 5.71. The predicted molar refractivity (Wildman–Crippen MR) is 126 cm³/mol. The van der Waals surface area contributed by atoms with Gasteiger partial charge < -0.3 is 9.47 Å². The van der Waals surface area contributed by atoms with Crippen molar-refractivity contribution < 1.29 is 14.3 Å². The number of hydrogen-bond donors (Lipinski definition) is 1. The van der Waals surface area contributed by atoms with Crippen LogP contribution in [0.25, 0.3) is 17.3 Å². The summed E-state index contributed by atoms with van der Waals surface area (Å²) in [5, 5.41) is 5.31. The summed E-state index contributed by atoms with van der Waals surface area (Å²) in [6, 6.07) is 12.0. The molecule has 30 heavy (non-hydrogen) atoms. The van der Waals surface area contributed by atoms with E-state index in [1.54, 1.807) is 13.2 Å². The van der Waals surface area contributed by atoms with Crippen molar-refractivity contribution >= 4 is 44.4 Å². The number of rotatable bonds is 8. The number of nitrogens with one attached hydrogen (secondary N) is 1. The number of benzene rings is 2. The van der Waals surface area contributed by atoms with Crippen molar-refractivity contribution in [2.75, 3.05) is 19.0 Å². The zero-order valence-corrected chi connectivity index (χ0v) is 19.5. The number of methoxy groups -OCH3 is 1. The summed E-state index contributed by atoms with van der Waals surface area (Å²) in [4.78, 5) is 16.8. The molecule has 156 valence electrons. The lowest BCUT2D eigenvalue weighted by Crippen LogP contribution is -2.07. The predicted octanol–water partition coefficient (Wildman–Crippen LogP) is 6.19. The van der Waals surface area contributed by atoms with Crippen LogP contribution < -0.4 is 14.8 Å². The average molecular weight is 487 g/mol. The first kappa shape index (κ1) is 22.1. The molecule has 1 amide bonds. The highest BCUT2D eigenvalue weighted by atomic mass is 79.9. The molecule has 0 unspecified atom stereocenters. The number of carbonyl (C=O) groups excluding carboxylic acids is 1. The average Bonchev–Trinajstić information content (AvgIpc) is 3.22. The smallest absolute Gasteiger partial charge is 0.250 e. The number of anilines is 1. The van der Waals surface area contributed by atoms with Gasteiger partial charge in [0.1, 0.15) is 0 Å². The van der Waals surface area contributed by atoms with Gasteiger partial charge in [0.15, 0.2) is 16.6 Å². The molecule has 7 heteroatoms. The van der Waals surface area contributed by atoms with Gasteiger partial charge in [-0.3, -0.25) is 10.1 Å². The molecule has 0 spiro atoms. The van der Waals surface area contributed by atoms with Crippen molar-refractivity contribution in [2.45, 2.75) is 20.3 Å². The third kappa shape index (κ3) is 5.49. The van der Waals surface area contributed by atoms with Gasteiger partial charge in [-0.25, -0.2) is 4.98 Å². The van der Waals surface area contributed by atoms with Crippen molar-refractivity contribution in [2.24, 2.45) is 0 Å². The van der Waals surface area contributed by atoms with Crippen LogP contribution in [0.2, 0.25) is 0 Å². The van der Waals surface area contributed by atoms with E-state index < -0.39 is 0 Å². The maximum absolute atomic E-state index is 12.3. The molecule has 0 aliphatic carbocycles. The summed E-state index contributed by atoms with van der Waals surface area (Å²) < 4.78 is 11.7. The van der Waals surface area contributed by atoms with Crippen LogP contribution in [0, 0.1) is 0 Å². The Balaban J connectivity index is 1.68. The molecule has 0 saturated heterocycles. The maximum Gasteiger partial charge on any atom is 0.250 e. The molecule has 0 bridgehead atoms. The van der Waals surface area contributed by atoms with E-state index >= 15 is 0 Å². The van der Waals surface area contributed by atoms with E-state index in [0.29, 0.717) is 23.2 Å². The van der Waals surface area contributed by atoms with Gasteiger partial charge in [-0.2, -0.15) is 0 Å². The van der Waals surface area contributed by atoms with Gasteiger partial charge in [0.2, 0.25) is 5.91 Å². The zero-order chi connectivity index (χ0) is 21.5. The van der Waals surface area contributed by atoms with Crippen LogP contribution in [-0.2, 0) is 11.2 Å². The lowest BCUT2D eigenvalue weighted by molar-refractivity contribution is -0.111. The molecule has 5 nitrogen and oxygen atoms in total. The van der Waals surface area contributed by atoms with Crippen molar-refractivity contribution in [3.8, 4) is 22.8 Å². The van der Waals surface area contributed by atoms with Crippen molar-refractivity contribution in [3.63, 3.8) is 0 Å². The fraction of sp³-hybridized carbons (Fsp3) is 0.217. The van der Waals surface area contributed by atoms with E-state index in [4.69, 9.17) is 9.47 Å². The molecular formula is C23H23BrN2O3S. The van der Waals surface area contributed by atoms with Crippen LogP contribution in [0.15, 0.2) is 52.3 Å². The van der Waals surface area contributed by atoms with Gasteiger partial charge in [0, 0.05) is 17.0 Å². The van der Waals surface area contributed by atoms with Crippen molar-refractivity contribution in [3.05, 3.63) is 63.5 Å².